The fourth-order valence-corrected chi connectivity index (χ4v) is 3.38. The summed E-state index contributed by atoms with van der Waals surface area (Å²) in [7, 11) is 0. The van der Waals surface area contributed by atoms with Crippen LogP contribution in [0.1, 0.15) is 37.8 Å². The number of aromatic nitrogens is 1. The summed E-state index contributed by atoms with van der Waals surface area (Å²) in [4.78, 5) is 4.14. The monoisotopic (exact) mass is 286 g/mol. The van der Waals surface area contributed by atoms with Crippen LogP contribution in [-0.2, 0) is 5.54 Å². The molecule has 0 aliphatic carbocycles. The third-order valence-corrected chi connectivity index (χ3v) is 4.40. The lowest BCUT2D eigenvalue weighted by atomic mass is 9.82. The van der Waals surface area contributed by atoms with Gasteiger partial charge in [0.05, 0.1) is 5.54 Å². The molecule has 0 bridgehead atoms. The third-order valence-electron chi connectivity index (χ3n) is 4.17. The molecule has 0 radical (unpaired) electrons. The largest absolute Gasteiger partial charge is 0.299 e. The maximum absolute atomic E-state index is 6.20. The molecule has 104 valence electrons. The van der Waals surface area contributed by atoms with Crippen molar-refractivity contribution in [3.05, 3.63) is 64.9 Å². The SMILES string of the molecule is CC1(C)CCC(c2ccncc2)(c2cccc(Cl)c2)N1. The second kappa shape index (κ2) is 4.87. The summed E-state index contributed by atoms with van der Waals surface area (Å²) in [6.45, 7) is 4.50. The van der Waals surface area contributed by atoms with Crippen LogP contribution in [0.25, 0.3) is 0 Å². The van der Waals surface area contributed by atoms with E-state index in [1.165, 1.54) is 11.1 Å². The van der Waals surface area contributed by atoms with Gasteiger partial charge in [-0.05, 0) is 62.1 Å². The van der Waals surface area contributed by atoms with E-state index in [-0.39, 0.29) is 11.1 Å². The number of hydrogen-bond acceptors (Lipinski definition) is 2. The first-order valence-corrected chi connectivity index (χ1v) is 7.36. The first-order valence-electron chi connectivity index (χ1n) is 6.98. The number of benzene rings is 1. The molecular formula is C17H19ClN2. The van der Waals surface area contributed by atoms with Crippen LogP contribution in [0.15, 0.2) is 48.8 Å². The second-order valence-corrected chi connectivity index (χ2v) is 6.60. The van der Waals surface area contributed by atoms with E-state index in [0.29, 0.717) is 0 Å². The Labute approximate surface area is 125 Å². The van der Waals surface area contributed by atoms with Gasteiger partial charge in [-0.2, -0.15) is 0 Å². The molecule has 20 heavy (non-hydrogen) atoms. The maximum Gasteiger partial charge on any atom is 0.0696 e. The van der Waals surface area contributed by atoms with E-state index in [2.05, 4.69) is 48.4 Å². The van der Waals surface area contributed by atoms with Gasteiger partial charge in [0, 0.05) is 23.0 Å². The molecule has 1 atom stereocenters. The summed E-state index contributed by atoms with van der Waals surface area (Å²) in [5, 5.41) is 4.60. The Kier molecular flexibility index (Phi) is 3.31. The molecular weight excluding hydrogens is 268 g/mol. The standard InChI is InChI=1S/C17H19ClN2/c1-16(2)8-9-17(20-16,13-6-10-19-11-7-13)14-4-3-5-15(18)12-14/h3-7,10-12,20H,8-9H2,1-2H3. The Bertz CT molecular complexity index is 609. The van der Waals surface area contributed by atoms with Crippen molar-refractivity contribution in [1.29, 1.82) is 0 Å². The van der Waals surface area contributed by atoms with Crippen molar-refractivity contribution >= 4 is 11.6 Å². The van der Waals surface area contributed by atoms with E-state index in [9.17, 15) is 0 Å². The second-order valence-electron chi connectivity index (χ2n) is 6.16. The van der Waals surface area contributed by atoms with Crippen molar-refractivity contribution in [2.75, 3.05) is 0 Å². The molecule has 3 heteroatoms. The van der Waals surface area contributed by atoms with Gasteiger partial charge in [0.25, 0.3) is 0 Å². The van der Waals surface area contributed by atoms with Crippen molar-refractivity contribution < 1.29 is 0 Å². The van der Waals surface area contributed by atoms with Crippen LogP contribution in [0.3, 0.4) is 0 Å². The van der Waals surface area contributed by atoms with Crippen LogP contribution in [0.5, 0.6) is 0 Å². The van der Waals surface area contributed by atoms with E-state index in [1.807, 2.05) is 24.5 Å². The van der Waals surface area contributed by atoms with Crippen LogP contribution in [0.2, 0.25) is 5.02 Å². The van der Waals surface area contributed by atoms with Gasteiger partial charge in [0.2, 0.25) is 0 Å². The normalized spacial score (nSPS) is 24.8. The summed E-state index contributed by atoms with van der Waals surface area (Å²) in [6.07, 6.45) is 5.90. The molecule has 1 aliphatic rings. The molecule has 2 nitrogen and oxygen atoms in total. The lowest BCUT2D eigenvalue weighted by molar-refractivity contribution is 0.375. The van der Waals surface area contributed by atoms with Gasteiger partial charge in [0.15, 0.2) is 0 Å². The van der Waals surface area contributed by atoms with Crippen molar-refractivity contribution in [3.8, 4) is 0 Å². The van der Waals surface area contributed by atoms with E-state index in [4.69, 9.17) is 11.6 Å². The Morgan fingerprint density at radius 3 is 2.40 bits per heavy atom. The van der Waals surface area contributed by atoms with Crippen molar-refractivity contribution in [3.63, 3.8) is 0 Å². The molecule has 1 unspecified atom stereocenters. The van der Waals surface area contributed by atoms with Crippen LogP contribution in [0, 0.1) is 0 Å². The van der Waals surface area contributed by atoms with Gasteiger partial charge in [0.1, 0.15) is 0 Å². The molecule has 0 amide bonds. The molecule has 0 spiro atoms. The fourth-order valence-electron chi connectivity index (χ4n) is 3.19. The van der Waals surface area contributed by atoms with Gasteiger partial charge in [-0.25, -0.2) is 0 Å². The summed E-state index contributed by atoms with van der Waals surface area (Å²) in [5.74, 6) is 0. The first-order chi connectivity index (χ1) is 9.52. The molecule has 2 aromatic rings. The van der Waals surface area contributed by atoms with Crippen molar-refractivity contribution in [2.45, 2.75) is 37.8 Å². The summed E-state index contributed by atoms with van der Waals surface area (Å²) in [6, 6.07) is 12.3. The number of pyridine rings is 1. The summed E-state index contributed by atoms with van der Waals surface area (Å²) >= 11 is 6.20. The van der Waals surface area contributed by atoms with E-state index >= 15 is 0 Å². The Balaban J connectivity index is 2.15. The highest BCUT2D eigenvalue weighted by Gasteiger charge is 2.44. The smallest absolute Gasteiger partial charge is 0.0696 e. The average Bonchev–Trinajstić information content (AvgIpc) is 2.77. The zero-order chi connectivity index (χ0) is 14.2. The van der Waals surface area contributed by atoms with Gasteiger partial charge in [-0.1, -0.05) is 23.7 Å². The van der Waals surface area contributed by atoms with Crippen molar-refractivity contribution in [1.82, 2.24) is 10.3 Å². The minimum Gasteiger partial charge on any atom is -0.299 e. The highest BCUT2D eigenvalue weighted by atomic mass is 35.5. The molecule has 1 aromatic carbocycles. The minimum absolute atomic E-state index is 0.117. The molecule has 2 heterocycles. The Hall–Kier alpha value is -1.38. The molecule has 1 saturated heterocycles. The minimum atomic E-state index is -0.169. The van der Waals surface area contributed by atoms with Crippen LogP contribution in [0.4, 0.5) is 0 Å². The lowest BCUT2D eigenvalue weighted by Crippen LogP contribution is -2.46. The zero-order valence-corrected chi connectivity index (χ0v) is 12.6. The molecule has 1 N–H and O–H groups in total. The number of nitrogens with one attached hydrogen (secondary N) is 1. The summed E-state index contributed by atoms with van der Waals surface area (Å²) < 4.78 is 0. The van der Waals surface area contributed by atoms with Gasteiger partial charge in [-0.15, -0.1) is 0 Å². The number of hydrogen-bond donors (Lipinski definition) is 1. The zero-order valence-electron chi connectivity index (χ0n) is 11.9. The maximum atomic E-state index is 6.20. The van der Waals surface area contributed by atoms with E-state index in [0.717, 1.165) is 17.9 Å². The summed E-state index contributed by atoms with van der Waals surface area (Å²) in [5.41, 5.74) is 2.42. The quantitative estimate of drug-likeness (QED) is 0.897. The van der Waals surface area contributed by atoms with Crippen LogP contribution < -0.4 is 5.32 Å². The van der Waals surface area contributed by atoms with Crippen LogP contribution >= 0.6 is 11.6 Å². The van der Waals surface area contributed by atoms with Gasteiger partial charge >= 0.3 is 0 Å². The molecule has 1 aromatic heterocycles. The number of rotatable bonds is 2. The predicted molar refractivity (Wildman–Crippen MR) is 82.9 cm³/mol. The number of halogens is 1. The molecule has 0 saturated carbocycles. The molecule has 1 fully saturated rings. The topological polar surface area (TPSA) is 24.9 Å². The highest BCUT2D eigenvalue weighted by molar-refractivity contribution is 6.30. The van der Waals surface area contributed by atoms with Crippen molar-refractivity contribution in [2.24, 2.45) is 0 Å². The third kappa shape index (κ3) is 2.34. The van der Waals surface area contributed by atoms with Gasteiger partial charge in [-0.3, -0.25) is 10.3 Å². The Morgan fingerprint density at radius 2 is 1.80 bits per heavy atom. The number of nitrogens with zero attached hydrogens (tertiary/aromatic N) is 1. The first kappa shape index (κ1) is 13.6. The van der Waals surface area contributed by atoms with Crippen LogP contribution in [-0.4, -0.2) is 10.5 Å². The molecule has 3 rings (SSSR count). The van der Waals surface area contributed by atoms with E-state index < -0.39 is 0 Å². The van der Waals surface area contributed by atoms with E-state index in [1.54, 1.807) is 0 Å². The predicted octanol–water partition coefficient (Wildman–Crippen LogP) is 4.14. The highest BCUT2D eigenvalue weighted by Crippen LogP contribution is 2.43. The average molecular weight is 287 g/mol. The molecule has 1 aliphatic heterocycles. The fraction of sp³-hybridized carbons (Fsp3) is 0.353. The van der Waals surface area contributed by atoms with Gasteiger partial charge < -0.3 is 0 Å². The lowest BCUT2D eigenvalue weighted by Gasteiger charge is -2.34. The Morgan fingerprint density at radius 1 is 1.05 bits per heavy atom.